The number of ether oxygens (including phenoxy) is 1. The smallest absolute Gasteiger partial charge is 0.338 e. The molecule has 28 heavy (non-hydrogen) atoms. The number of hydrogen-bond donors (Lipinski definition) is 0. The van der Waals surface area contributed by atoms with Crippen molar-refractivity contribution in [2.75, 3.05) is 13.2 Å². The number of esters is 1. The fraction of sp³-hybridized carbons (Fsp3) is 0.227. The fourth-order valence-corrected chi connectivity index (χ4v) is 4.49. The van der Waals surface area contributed by atoms with Gasteiger partial charge in [-0.3, -0.25) is 4.31 Å². The van der Waals surface area contributed by atoms with Crippen molar-refractivity contribution in [3.8, 4) is 0 Å². The number of carbonyl (C=O) groups excluding carboxylic acids is 1. The molecule has 0 aliphatic carbocycles. The summed E-state index contributed by atoms with van der Waals surface area (Å²) in [4.78, 5) is 12.5. The van der Waals surface area contributed by atoms with E-state index in [0.29, 0.717) is 17.5 Å². The second-order valence-electron chi connectivity index (χ2n) is 6.71. The van der Waals surface area contributed by atoms with E-state index in [2.05, 4.69) is 6.58 Å². The van der Waals surface area contributed by atoms with E-state index in [0.717, 1.165) is 16.7 Å². The number of allylic oxidation sites excluding steroid dienone is 1. The molecule has 146 valence electrons. The van der Waals surface area contributed by atoms with Crippen LogP contribution in [0.2, 0.25) is 0 Å². The summed E-state index contributed by atoms with van der Waals surface area (Å²) in [6.07, 6.45) is 2.10. The van der Waals surface area contributed by atoms with Crippen LogP contribution < -0.4 is 0 Å². The topological polar surface area (TPSA) is 63.7 Å². The van der Waals surface area contributed by atoms with Gasteiger partial charge in [0.25, 0.3) is 10.0 Å². The van der Waals surface area contributed by atoms with Crippen molar-refractivity contribution in [1.82, 2.24) is 4.31 Å². The lowest BCUT2D eigenvalue weighted by Gasteiger charge is -2.28. The van der Waals surface area contributed by atoms with Gasteiger partial charge in [0.1, 0.15) is 0 Å². The number of nitrogens with zero attached hydrogens (tertiary/aromatic N) is 1. The summed E-state index contributed by atoms with van der Waals surface area (Å²) in [5.74, 6) is -0.428. The molecule has 0 spiro atoms. The van der Waals surface area contributed by atoms with Crippen LogP contribution in [0.25, 0.3) is 5.57 Å². The van der Waals surface area contributed by atoms with Crippen LogP contribution in [0, 0.1) is 6.92 Å². The molecule has 5 nitrogen and oxygen atoms in total. The third-order valence-corrected chi connectivity index (χ3v) is 6.24. The first-order valence-electron chi connectivity index (χ1n) is 9.05. The Morgan fingerprint density at radius 3 is 2.50 bits per heavy atom. The standard InChI is InChI=1S/C22H23NO4S/c1-4-27-22(24)21-8-6-5-7-20(21)18-13-17(3)14-23(15-18)28(25,26)19-11-9-16(2)10-12-19/h5-12,15H,3-4,13-14H2,1-2H3. The van der Waals surface area contributed by atoms with Gasteiger partial charge in [-0.1, -0.05) is 48.0 Å². The summed E-state index contributed by atoms with van der Waals surface area (Å²) in [7, 11) is -3.72. The molecule has 0 aromatic heterocycles. The predicted octanol–water partition coefficient (Wildman–Crippen LogP) is 4.16. The van der Waals surface area contributed by atoms with Gasteiger partial charge in [-0.25, -0.2) is 13.2 Å². The van der Waals surface area contributed by atoms with Crippen LogP contribution >= 0.6 is 0 Å². The van der Waals surface area contributed by atoms with Gasteiger partial charge >= 0.3 is 5.97 Å². The summed E-state index contributed by atoms with van der Waals surface area (Å²) >= 11 is 0. The Morgan fingerprint density at radius 1 is 1.14 bits per heavy atom. The maximum Gasteiger partial charge on any atom is 0.338 e. The molecule has 0 fully saturated rings. The molecule has 0 saturated heterocycles. The molecule has 0 unspecified atom stereocenters. The van der Waals surface area contributed by atoms with E-state index in [4.69, 9.17) is 4.74 Å². The minimum Gasteiger partial charge on any atom is -0.462 e. The normalized spacial score (nSPS) is 14.6. The minimum atomic E-state index is -3.72. The minimum absolute atomic E-state index is 0.210. The van der Waals surface area contributed by atoms with Gasteiger partial charge in [0.2, 0.25) is 0 Å². The molecule has 6 heteroatoms. The molecule has 0 atom stereocenters. The Hall–Kier alpha value is -2.86. The largest absolute Gasteiger partial charge is 0.462 e. The summed E-state index contributed by atoms with van der Waals surface area (Å²) < 4.78 is 32.6. The van der Waals surface area contributed by atoms with Crippen LogP contribution in [-0.4, -0.2) is 31.8 Å². The lowest BCUT2D eigenvalue weighted by molar-refractivity contribution is 0.0526. The van der Waals surface area contributed by atoms with E-state index >= 15 is 0 Å². The molecule has 1 aliphatic heterocycles. The molecule has 0 N–H and O–H groups in total. The van der Waals surface area contributed by atoms with Crippen molar-refractivity contribution in [1.29, 1.82) is 0 Å². The second-order valence-corrected chi connectivity index (χ2v) is 8.60. The molecule has 0 radical (unpaired) electrons. The first-order valence-corrected chi connectivity index (χ1v) is 10.5. The average molecular weight is 397 g/mol. The Bertz CT molecular complexity index is 1040. The van der Waals surface area contributed by atoms with Crippen molar-refractivity contribution < 1.29 is 17.9 Å². The van der Waals surface area contributed by atoms with Crippen molar-refractivity contribution in [3.63, 3.8) is 0 Å². The molecule has 2 aromatic carbocycles. The second kappa shape index (κ2) is 8.02. The zero-order valence-electron chi connectivity index (χ0n) is 16.0. The highest BCUT2D eigenvalue weighted by atomic mass is 32.2. The van der Waals surface area contributed by atoms with Crippen LogP contribution in [0.1, 0.15) is 34.8 Å². The third kappa shape index (κ3) is 4.02. The molecule has 1 heterocycles. The molecular formula is C22H23NO4S. The summed E-state index contributed by atoms with van der Waals surface area (Å²) in [6.45, 7) is 8.14. The van der Waals surface area contributed by atoms with E-state index in [1.807, 2.05) is 13.0 Å². The van der Waals surface area contributed by atoms with Crippen LogP contribution in [-0.2, 0) is 14.8 Å². The van der Waals surface area contributed by atoms with E-state index in [9.17, 15) is 13.2 Å². The van der Waals surface area contributed by atoms with Crippen molar-refractivity contribution >= 4 is 21.6 Å². The first-order chi connectivity index (χ1) is 13.3. The summed E-state index contributed by atoms with van der Waals surface area (Å²) in [5.41, 5.74) is 3.54. The van der Waals surface area contributed by atoms with Crippen LogP contribution in [0.15, 0.2) is 71.8 Å². The fourth-order valence-electron chi connectivity index (χ4n) is 3.13. The molecular weight excluding hydrogens is 374 g/mol. The van der Waals surface area contributed by atoms with E-state index in [-0.39, 0.29) is 18.0 Å². The number of sulfonamides is 1. The van der Waals surface area contributed by atoms with Gasteiger partial charge in [-0.2, -0.15) is 0 Å². The van der Waals surface area contributed by atoms with E-state index in [1.54, 1.807) is 55.6 Å². The van der Waals surface area contributed by atoms with Gasteiger partial charge < -0.3 is 4.74 Å². The average Bonchev–Trinajstić information content (AvgIpc) is 2.68. The monoisotopic (exact) mass is 397 g/mol. The molecule has 0 saturated carbocycles. The summed E-state index contributed by atoms with van der Waals surface area (Å²) in [6, 6.07) is 13.8. The van der Waals surface area contributed by atoms with Gasteiger partial charge in [0.05, 0.1) is 23.6 Å². The number of carbonyl (C=O) groups is 1. The van der Waals surface area contributed by atoms with Gasteiger partial charge in [0, 0.05) is 6.20 Å². The Labute approximate surface area is 166 Å². The zero-order valence-corrected chi connectivity index (χ0v) is 16.8. The number of hydrogen-bond acceptors (Lipinski definition) is 4. The maximum atomic E-state index is 13.1. The van der Waals surface area contributed by atoms with Gasteiger partial charge in [0.15, 0.2) is 0 Å². The van der Waals surface area contributed by atoms with E-state index in [1.165, 1.54) is 4.31 Å². The molecule has 0 bridgehead atoms. The maximum absolute atomic E-state index is 13.1. The lowest BCUT2D eigenvalue weighted by Crippen LogP contribution is -2.31. The Balaban J connectivity index is 2.04. The van der Waals surface area contributed by atoms with E-state index < -0.39 is 16.0 Å². The van der Waals surface area contributed by atoms with Crippen molar-refractivity contribution in [2.45, 2.75) is 25.2 Å². The highest BCUT2D eigenvalue weighted by Crippen LogP contribution is 2.32. The number of rotatable bonds is 5. The lowest BCUT2D eigenvalue weighted by atomic mass is 9.93. The molecule has 2 aromatic rings. The van der Waals surface area contributed by atoms with Gasteiger partial charge in [-0.15, -0.1) is 0 Å². The molecule has 3 rings (SSSR count). The third-order valence-electron chi connectivity index (χ3n) is 4.52. The highest BCUT2D eigenvalue weighted by Gasteiger charge is 2.27. The quantitative estimate of drug-likeness (QED) is 0.561. The first kappa shape index (κ1) is 19.9. The molecule has 0 amide bonds. The van der Waals surface area contributed by atoms with Crippen molar-refractivity contribution in [2.24, 2.45) is 0 Å². The number of aryl methyl sites for hydroxylation is 1. The van der Waals surface area contributed by atoms with Gasteiger partial charge in [-0.05, 0) is 49.6 Å². The zero-order chi connectivity index (χ0) is 20.3. The highest BCUT2D eigenvalue weighted by molar-refractivity contribution is 7.89. The molecule has 1 aliphatic rings. The Morgan fingerprint density at radius 2 is 1.82 bits per heavy atom. The van der Waals surface area contributed by atoms with Crippen LogP contribution in [0.4, 0.5) is 0 Å². The van der Waals surface area contributed by atoms with Crippen LogP contribution in [0.5, 0.6) is 0 Å². The predicted molar refractivity (Wildman–Crippen MR) is 109 cm³/mol. The summed E-state index contributed by atoms with van der Waals surface area (Å²) in [5, 5.41) is 0. The van der Waals surface area contributed by atoms with Crippen molar-refractivity contribution in [3.05, 3.63) is 83.6 Å². The number of benzene rings is 2. The SMILES string of the molecule is C=C1CC(c2ccccc2C(=O)OCC)=CN(S(=O)(=O)c2ccc(C)cc2)C1. The Kier molecular flexibility index (Phi) is 5.70. The van der Waals surface area contributed by atoms with Crippen LogP contribution in [0.3, 0.4) is 0 Å².